The fraction of sp³-hybridized carbons (Fsp3) is 0.750. The standard InChI is InChI=1S/C16H29N6O5P/c1-11-7-22(16(24)19-15(11)23)14-9-20(18)8-13(27-14)10-26-28(2,25)21-5-3-12(17)4-6-21/h7,12-14H,3-6,8-10,17-18H2,1-2H3,(H,19,23,24)/t13-,14?,28?/m0/s1. The predicted octanol–water partition coefficient (Wildman–Crippen LogP) is -0.819. The lowest BCUT2D eigenvalue weighted by molar-refractivity contribution is -0.134. The van der Waals surface area contributed by atoms with Crippen LogP contribution in [0.2, 0.25) is 0 Å². The van der Waals surface area contributed by atoms with Crippen molar-refractivity contribution < 1.29 is 13.8 Å². The molecule has 158 valence electrons. The minimum absolute atomic E-state index is 0.0810. The van der Waals surface area contributed by atoms with Gasteiger partial charge in [-0.15, -0.1) is 0 Å². The molecular formula is C16H29N6O5P. The monoisotopic (exact) mass is 416 g/mol. The summed E-state index contributed by atoms with van der Waals surface area (Å²) >= 11 is 0. The van der Waals surface area contributed by atoms with Crippen LogP contribution in [0.15, 0.2) is 15.8 Å². The summed E-state index contributed by atoms with van der Waals surface area (Å²) in [7, 11) is -2.97. The maximum Gasteiger partial charge on any atom is 0.330 e. The summed E-state index contributed by atoms with van der Waals surface area (Å²) in [4.78, 5) is 26.0. The molecule has 3 atom stereocenters. The Hall–Kier alpha value is -1.33. The second-order valence-corrected chi connectivity index (χ2v) is 9.96. The molecule has 0 aliphatic carbocycles. The Morgan fingerprint density at radius 3 is 2.68 bits per heavy atom. The van der Waals surface area contributed by atoms with Crippen LogP contribution in [0.5, 0.6) is 0 Å². The Morgan fingerprint density at radius 1 is 1.32 bits per heavy atom. The highest BCUT2D eigenvalue weighted by molar-refractivity contribution is 7.55. The lowest BCUT2D eigenvalue weighted by atomic mass is 10.1. The number of piperidine rings is 1. The van der Waals surface area contributed by atoms with E-state index in [2.05, 4.69) is 4.98 Å². The number of aromatic amines is 1. The third-order valence-electron chi connectivity index (χ3n) is 5.16. The molecule has 1 aromatic rings. The Morgan fingerprint density at radius 2 is 2.00 bits per heavy atom. The summed E-state index contributed by atoms with van der Waals surface area (Å²) in [5.41, 5.74) is 5.29. The van der Waals surface area contributed by atoms with Crippen molar-refractivity contribution in [3.63, 3.8) is 0 Å². The largest absolute Gasteiger partial charge is 0.349 e. The minimum Gasteiger partial charge on any atom is -0.349 e. The zero-order chi connectivity index (χ0) is 20.5. The molecule has 2 saturated heterocycles. The van der Waals surface area contributed by atoms with Gasteiger partial charge in [0.1, 0.15) is 0 Å². The van der Waals surface area contributed by atoms with E-state index >= 15 is 0 Å². The summed E-state index contributed by atoms with van der Waals surface area (Å²) in [5.74, 6) is 5.99. The topological polar surface area (TPSA) is 149 Å². The van der Waals surface area contributed by atoms with Gasteiger partial charge in [0.05, 0.1) is 19.3 Å². The molecule has 12 heteroatoms. The molecule has 1 aromatic heterocycles. The van der Waals surface area contributed by atoms with Crippen molar-refractivity contribution in [2.75, 3.05) is 39.5 Å². The molecule has 5 N–H and O–H groups in total. The van der Waals surface area contributed by atoms with E-state index in [1.165, 1.54) is 15.8 Å². The molecule has 2 unspecified atom stereocenters. The van der Waals surface area contributed by atoms with E-state index in [0.717, 1.165) is 12.8 Å². The number of hydrogen-bond donors (Lipinski definition) is 3. The normalized spacial score (nSPS) is 27.6. The number of hydrogen-bond acceptors (Lipinski definition) is 8. The number of nitrogens with two attached hydrogens (primary N) is 2. The van der Waals surface area contributed by atoms with Gasteiger partial charge in [-0.05, 0) is 19.8 Å². The lowest BCUT2D eigenvalue weighted by Gasteiger charge is -2.38. The first-order chi connectivity index (χ1) is 13.2. The molecule has 2 aliphatic heterocycles. The Bertz CT molecular complexity index is 849. The second kappa shape index (κ2) is 8.58. The van der Waals surface area contributed by atoms with Gasteiger partial charge in [0.15, 0.2) is 6.23 Å². The first-order valence-electron chi connectivity index (χ1n) is 9.36. The highest BCUT2D eigenvalue weighted by Crippen LogP contribution is 2.48. The van der Waals surface area contributed by atoms with E-state index in [1.807, 2.05) is 4.67 Å². The van der Waals surface area contributed by atoms with Crippen LogP contribution in [0.4, 0.5) is 0 Å². The van der Waals surface area contributed by atoms with E-state index < -0.39 is 31.1 Å². The number of hydrazine groups is 1. The number of nitrogens with zero attached hydrogens (tertiary/aromatic N) is 3. The average molecular weight is 416 g/mol. The van der Waals surface area contributed by atoms with Crippen LogP contribution in [0.1, 0.15) is 24.6 Å². The van der Waals surface area contributed by atoms with Gasteiger partial charge in [-0.1, -0.05) is 0 Å². The zero-order valence-electron chi connectivity index (χ0n) is 16.2. The van der Waals surface area contributed by atoms with Gasteiger partial charge in [-0.3, -0.25) is 24.8 Å². The quantitative estimate of drug-likeness (QED) is 0.413. The minimum atomic E-state index is -2.97. The first kappa shape index (κ1) is 21.4. The molecule has 11 nitrogen and oxygen atoms in total. The molecule has 0 bridgehead atoms. The average Bonchev–Trinajstić information content (AvgIpc) is 2.63. The van der Waals surface area contributed by atoms with Gasteiger partial charge in [-0.25, -0.2) is 14.5 Å². The van der Waals surface area contributed by atoms with E-state index in [0.29, 0.717) is 25.2 Å². The van der Waals surface area contributed by atoms with Crippen LogP contribution in [0, 0.1) is 6.92 Å². The SMILES string of the molecule is Cc1cn(C2CN(N)C[C@@H](COP(C)(=O)N3CCC(N)CC3)O2)c(=O)[nH]c1=O. The van der Waals surface area contributed by atoms with Crippen LogP contribution in [-0.4, -0.2) is 70.8 Å². The lowest BCUT2D eigenvalue weighted by Crippen LogP contribution is -2.52. The number of aromatic nitrogens is 2. The van der Waals surface area contributed by atoms with Crippen LogP contribution < -0.4 is 22.8 Å². The third kappa shape index (κ3) is 4.98. The molecular weight excluding hydrogens is 387 g/mol. The number of morpholine rings is 1. The van der Waals surface area contributed by atoms with Gasteiger partial charge >= 0.3 is 5.69 Å². The molecule has 0 aromatic carbocycles. The molecule has 0 amide bonds. The molecule has 0 saturated carbocycles. The maximum absolute atomic E-state index is 13.0. The second-order valence-electron chi connectivity index (χ2n) is 7.54. The molecule has 2 aliphatic rings. The fourth-order valence-electron chi connectivity index (χ4n) is 3.44. The predicted molar refractivity (Wildman–Crippen MR) is 104 cm³/mol. The van der Waals surface area contributed by atoms with Crippen molar-refractivity contribution >= 4 is 7.52 Å². The Labute approximate surface area is 163 Å². The highest BCUT2D eigenvalue weighted by Gasteiger charge is 2.33. The van der Waals surface area contributed by atoms with Crippen LogP contribution >= 0.6 is 7.52 Å². The van der Waals surface area contributed by atoms with Crippen LogP contribution in [-0.2, 0) is 13.8 Å². The van der Waals surface area contributed by atoms with Crippen molar-refractivity contribution in [3.8, 4) is 0 Å². The Balaban J connectivity index is 1.65. The van der Waals surface area contributed by atoms with Gasteiger partial charge in [0.2, 0.25) is 0 Å². The fourth-order valence-corrected chi connectivity index (χ4v) is 5.01. The molecule has 28 heavy (non-hydrogen) atoms. The van der Waals surface area contributed by atoms with Crippen LogP contribution in [0.25, 0.3) is 0 Å². The number of aryl methyl sites for hydroxylation is 1. The molecule has 0 spiro atoms. The molecule has 0 radical (unpaired) electrons. The third-order valence-corrected chi connectivity index (χ3v) is 7.22. The number of H-pyrrole nitrogens is 1. The van der Waals surface area contributed by atoms with Gasteiger partial charge < -0.3 is 15.0 Å². The van der Waals surface area contributed by atoms with Crippen molar-refractivity contribution in [1.82, 2.24) is 19.2 Å². The van der Waals surface area contributed by atoms with E-state index in [9.17, 15) is 14.2 Å². The van der Waals surface area contributed by atoms with E-state index in [4.69, 9.17) is 20.8 Å². The van der Waals surface area contributed by atoms with Gasteiger partial charge in [-0.2, -0.15) is 0 Å². The molecule has 2 fully saturated rings. The van der Waals surface area contributed by atoms with Gasteiger partial charge in [0.25, 0.3) is 13.1 Å². The molecule has 3 rings (SSSR count). The summed E-state index contributed by atoms with van der Waals surface area (Å²) in [6.07, 6.45) is 1.87. The van der Waals surface area contributed by atoms with Crippen molar-refractivity contribution in [1.29, 1.82) is 0 Å². The van der Waals surface area contributed by atoms with Crippen molar-refractivity contribution in [2.45, 2.75) is 38.1 Å². The van der Waals surface area contributed by atoms with Crippen molar-refractivity contribution in [3.05, 3.63) is 32.6 Å². The number of nitrogens with one attached hydrogen (secondary N) is 1. The zero-order valence-corrected chi connectivity index (χ0v) is 17.1. The summed E-state index contributed by atoms with van der Waals surface area (Å²) in [6, 6.07) is 0.142. The Kier molecular flexibility index (Phi) is 6.55. The number of ether oxygens (including phenoxy) is 1. The summed E-state index contributed by atoms with van der Waals surface area (Å²) < 4.78 is 27.8. The van der Waals surface area contributed by atoms with E-state index in [1.54, 1.807) is 13.6 Å². The highest BCUT2D eigenvalue weighted by atomic mass is 31.2. The molecule has 3 heterocycles. The summed E-state index contributed by atoms with van der Waals surface area (Å²) in [5, 5.41) is 1.52. The smallest absolute Gasteiger partial charge is 0.330 e. The number of rotatable bonds is 5. The van der Waals surface area contributed by atoms with Crippen LogP contribution in [0.3, 0.4) is 0 Å². The first-order valence-corrected chi connectivity index (χ1v) is 11.4. The maximum atomic E-state index is 13.0. The van der Waals surface area contributed by atoms with E-state index in [-0.39, 0.29) is 19.2 Å². The van der Waals surface area contributed by atoms with Crippen molar-refractivity contribution in [2.24, 2.45) is 11.6 Å². The summed E-state index contributed by atoms with van der Waals surface area (Å²) in [6.45, 7) is 5.21. The van der Waals surface area contributed by atoms with Gasteiger partial charge in [0, 0.05) is 44.1 Å².